The van der Waals surface area contributed by atoms with Crippen LogP contribution in [0.3, 0.4) is 0 Å². The quantitative estimate of drug-likeness (QED) is 0.728. The zero-order valence-electron chi connectivity index (χ0n) is 9.40. The van der Waals surface area contributed by atoms with Gasteiger partial charge < -0.3 is 9.64 Å². The zero-order chi connectivity index (χ0) is 12.4. The number of esters is 1. The Morgan fingerprint density at radius 1 is 1.47 bits per heavy atom. The van der Waals surface area contributed by atoms with Gasteiger partial charge in [-0.3, -0.25) is 9.59 Å². The molecule has 1 aromatic rings. The van der Waals surface area contributed by atoms with E-state index in [0.717, 1.165) is 5.56 Å². The number of carbonyl (C=O) groups is 2. The second-order valence-corrected chi connectivity index (χ2v) is 3.83. The lowest BCUT2D eigenvalue weighted by atomic mass is 10.0. The highest BCUT2D eigenvalue weighted by molar-refractivity contribution is 6.00. The Kier molecular flexibility index (Phi) is 3.08. The summed E-state index contributed by atoms with van der Waals surface area (Å²) in [7, 11) is 1.27. The van der Waals surface area contributed by atoms with Crippen LogP contribution in [-0.4, -0.2) is 25.5 Å². The number of aryl methyl sites for hydroxylation is 1. The number of hydrogen-bond acceptors (Lipinski definition) is 3. The van der Waals surface area contributed by atoms with Crippen molar-refractivity contribution in [2.24, 2.45) is 0 Å². The molecule has 5 heteroatoms. The average molecular weight is 237 g/mol. The topological polar surface area (TPSA) is 46.6 Å². The fraction of sp³-hybridized carbons (Fsp3) is 0.333. The lowest BCUT2D eigenvalue weighted by Gasteiger charge is -2.28. The van der Waals surface area contributed by atoms with Gasteiger partial charge in [0.05, 0.1) is 7.11 Å². The van der Waals surface area contributed by atoms with Gasteiger partial charge >= 0.3 is 5.97 Å². The summed E-state index contributed by atoms with van der Waals surface area (Å²) in [5.74, 6) is -0.971. The zero-order valence-corrected chi connectivity index (χ0v) is 9.40. The summed E-state index contributed by atoms with van der Waals surface area (Å²) < 4.78 is 17.6. The molecule has 1 heterocycles. The van der Waals surface area contributed by atoms with Gasteiger partial charge in [0.15, 0.2) is 0 Å². The first-order chi connectivity index (χ1) is 8.11. The highest BCUT2D eigenvalue weighted by Gasteiger charge is 2.26. The van der Waals surface area contributed by atoms with Crippen molar-refractivity contribution in [3.63, 3.8) is 0 Å². The molecule has 0 atom stereocenters. The molecular weight excluding hydrogens is 225 g/mol. The molecule has 0 radical (unpaired) electrons. The average Bonchev–Trinajstić information content (AvgIpc) is 2.32. The highest BCUT2D eigenvalue weighted by atomic mass is 19.1. The lowest BCUT2D eigenvalue weighted by Crippen LogP contribution is -2.39. The maximum absolute atomic E-state index is 13.1. The van der Waals surface area contributed by atoms with E-state index in [1.54, 1.807) is 0 Å². The van der Waals surface area contributed by atoms with Gasteiger partial charge in [0.25, 0.3) is 0 Å². The van der Waals surface area contributed by atoms with Crippen molar-refractivity contribution < 1.29 is 18.7 Å². The summed E-state index contributed by atoms with van der Waals surface area (Å²) in [5.41, 5.74) is 1.33. The summed E-state index contributed by atoms with van der Waals surface area (Å²) >= 11 is 0. The minimum atomic E-state index is -0.490. The molecule has 1 aliphatic rings. The smallest absolute Gasteiger partial charge is 0.325 e. The van der Waals surface area contributed by atoms with E-state index in [4.69, 9.17) is 0 Å². The predicted octanol–water partition coefficient (Wildman–Crippen LogP) is 1.28. The van der Waals surface area contributed by atoms with Crippen molar-refractivity contribution in [3.05, 3.63) is 29.6 Å². The van der Waals surface area contributed by atoms with E-state index >= 15 is 0 Å². The van der Waals surface area contributed by atoms with E-state index in [9.17, 15) is 14.0 Å². The fourth-order valence-corrected chi connectivity index (χ4v) is 1.90. The third-order valence-electron chi connectivity index (χ3n) is 2.76. The number of carbonyl (C=O) groups excluding carboxylic acids is 2. The molecule has 0 unspecified atom stereocenters. The number of methoxy groups -OCH3 is 1. The maximum Gasteiger partial charge on any atom is 0.325 e. The monoisotopic (exact) mass is 237 g/mol. The minimum absolute atomic E-state index is 0.131. The Balaban J connectivity index is 2.33. The molecule has 2 rings (SSSR count). The Bertz CT molecular complexity index is 473. The van der Waals surface area contributed by atoms with Crippen LogP contribution in [0.25, 0.3) is 0 Å². The normalized spacial score (nSPS) is 14.5. The Morgan fingerprint density at radius 2 is 2.24 bits per heavy atom. The van der Waals surface area contributed by atoms with Gasteiger partial charge in [-0.15, -0.1) is 0 Å². The molecule has 0 fully saturated rings. The van der Waals surface area contributed by atoms with Crippen LogP contribution in [0, 0.1) is 5.82 Å². The lowest BCUT2D eigenvalue weighted by molar-refractivity contribution is -0.140. The van der Waals surface area contributed by atoms with Gasteiger partial charge in [-0.05, 0) is 30.2 Å². The number of ether oxygens (including phenoxy) is 1. The van der Waals surface area contributed by atoms with Gasteiger partial charge in [0.1, 0.15) is 12.4 Å². The van der Waals surface area contributed by atoms with Crippen molar-refractivity contribution in [1.29, 1.82) is 0 Å². The summed E-state index contributed by atoms with van der Waals surface area (Å²) in [4.78, 5) is 24.3. The van der Waals surface area contributed by atoms with Crippen LogP contribution < -0.4 is 4.90 Å². The van der Waals surface area contributed by atoms with Crippen LogP contribution in [-0.2, 0) is 20.7 Å². The van der Waals surface area contributed by atoms with Crippen molar-refractivity contribution in [2.75, 3.05) is 18.6 Å². The van der Waals surface area contributed by atoms with Gasteiger partial charge in [-0.25, -0.2) is 4.39 Å². The summed E-state index contributed by atoms with van der Waals surface area (Å²) in [6.07, 6.45) is 0.789. The predicted molar refractivity (Wildman–Crippen MR) is 59.1 cm³/mol. The number of halogens is 1. The van der Waals surface area contributed by atoms with E-state index < -0.39 is 5.97 Å². The molecule has 4 nitrogen and oxygen atoms in total. The van der Waals surface area contributed by atoms with E-state index in [1.165, 1.54) is 30.2 Å². The molecule has 1 aliphatic heterocycles. The summed E-state index contributed by atoms with van der Waals surface area (Å²) in [5, 5.41) is 0. The van der Waals surface area contributed by atoms with Gasteiger partial charge in [0.2, 0.25) is 5.91 Å². The molecular formula is C12H12FNO3. The molecule has 0 saturated heterocycles. The van der Waals surface area contributed by atoms with E-state index in [-0.39, 0.29) is 24.7 Å². The largest absolute Gasteiger partial charge is 0.468 e. The second kappa shape index (κ2) is 4.53. The molecule has 0 aliphatic carbocycles. The van der Waals surface area contributed by atoms with Crippen LogP contribution in [0.5, 0.6) is 0 Å². The summed E-state index contributed by atoms with van der Waals surface area (Å²) in [6, 6.07) is 4.19. The number of benzene rings is 1. The molecule has 0 spiro atoms. The van der Waals surface area contributed by atoms with E-state index in [0.29, 0.717) is 12.1 Å². The molecule has 1 aromatic carbocycles. The van der Waals surface area contributed by atoms with Crippen LogP contribution in [0.4, 0.5) is 10.1 Å². The number of rotatable bonds is 2. The van der Waals surface area contributed by atoms with Gasteiger partial charge in [0, 0.05) is 12.1 Å². The Hall–Kier alpha value is -1.91. The van der Waals surface area contributed by atoms with E-state index in [2.05, 4.69) is 4.74 Å². The maximum atomic E-state index is 13.1. The van der Waals surface area contributed by atoms with Crippen molar-refractivity contribution >= 4 is 17.6 Å². The Morgan fingerprint density at radius 3 is 2.94 bits per heavy atom. The molecule has 0 saturated carbocycles. The number of fused-ring (bicyclic) bond motifs is 1. The minimum Gasteiger partial charge on any atom is -0.468 e. The third kappa shape index (κ3) is 2.27. The highest BCUT2D eigenvalue weighted by Crippen LogP contribution is 2.28. The summed E-state index contributed by atoms with van der Waals surface area (Å²) in [6.45, 7) is -0.131. The van der Waals surface area contributed by atoms with Crippen molar-refractivity contribution in [1.82, 2.24) is 0 Å². The molecule has 0 N–H and O–H groups in total. The first-order valence-electron chi connectivity index (χ1n) is 5.27. The fourth-order valence-electron chi connectivity index (χ4n) is 1.90. The van der Waals surface area contributed by atoms with Crippen molar-refractivity contribution in [2.45, 2.75) is 12.8 Å². The molecule has 0 aromatic heterocycles. The standard InChI is InChI=1S/C12H12FNO3/c1-17-12(16)7-14-10-4-3-9(13)6-8(10)2-5-11(14)15/h3-4,6H,2,5,7H2,1H3. The molecule has 0 bridgehead atoms. The molecule has 17 heavy (non-hydrogen) atoms. The number of anilines is 1. The SMILES string of the molecule is COC(=O)CN1C(=O)CCc2cc(F)ccc21. The van der Waals surface area contributed by atoms with Gasteiger partial charge in [-0.2, -0.15) is 0 Å². The number of nitrogens with zero attached hydrogens (tertiary/aromatic N) is 1. The molecule has 1 amide bonds. The van der Waals surface area contributed by atoms with Crippen molar-refractivity contribution in [3.8, 4) is 0 Å². The van der Waals surface area contributed by atoms with Crippen LogP contribution in [0.1, 0.15) is 12.0 Å². The van der Waals surface area contributed by atoms with Gasteiger partial charge in [-0.1, -0.05) is 0 Å². The third-order valence-corrected chi connectivity index (χ3v) is 2.76. The van der Waals surface area contributed by atoms with Crippen LogP contribution in [0.15, 0.2) is 18.2 Å². The van der Waals surface area contributed by atoms with Crippen LogP contribution >= 0.6 is 0 Å². The second-order valence-electron chi connectivity index (χ2n) is 3.83. The van der Waals surface area contributed by atoms with E-state index in [1.807, 2.05) is 0 Å². The van der Waals surface area contributed by atoms with Crippen LogP contribution in [0.2, 0.25) is 0 Å². The first kappa shape index (κ1) is 11.6. The number of amides is 1. The molecule has 90 valence electrons. The first-order valence-corrected chi connectivity index (χ1v) is 5.27. The Labute approximate surface area is 98.0 Å². The number of hydrogen-bond donors (Lipinski definition) is 0.